The maximum Gasteiger partial charge on any atom is 0.407 e. The molecule has 0 saturated carbocycles. The van der Waals surface area contributed by atoms with E-state index in [4.69, 9.17) is 9.47 Å². The summed E-state index contributed by atoms with van der Waals surface area (Å²) in [4.78, 5) is 11.3. The molecule has 0 radical (unpaired) electrons. The number of ether oxygens (including phenoxy) is 2. The van der Waals surface area contributed by atoms with E-state index in [1.54, 1.807) is 0 Å². The van der Waals surface area contributed by atoms with Crippen molar-refractivity contribution in [1.29, 1.82) is 0 Å². The van der Waals surface area contributed by atoms with E-state index in [9.17, 15) is 4.79 Å². The van der Waals surface area contributed by atoms with E-state index >= 15 is 0 Å². The third-order valence-electron chi connectivity index (χ3n) is 2.08. The molecule has 2 N–H and O–H groups in total. The van der Waals surface area contributed by atoms with Crippen LogP contribution in [0.1, 0.15) is 41.0 Å². The Morgan fingerprint density at radius 1 is 1.28 bits per heavy atom. The van der Waals surface area contributed by atoms with E-state index in [0.717, 1.165) is 26.1 Å². The summed E-state index contributed by atoms with van der Waals surface area (Å²) in [6, 6.07) is 0. The molecule has 1 amide bonds. The van der Waals surface area contributed by atoms with Gasteiger partial charge in [0.05, 0.1) is 6.10 Å². The average molecular weight is 260 g/mol. The van der Waals surface area contributed by atoms with Crippen molar-refractivity contribution in [3.63, 3.8) is 0 Å². The smallest absolute Gasteiger partial charge is 0.407 e. The van der Waals surface area contributed by atoms with Crippen LogP contribution in [0.4, 0.5) is 4.79 Å². The van der Waals surface area contributed by atoms with Crippen molar-refractivity contribution >= 4 is 6.09 Å². The molecule has 0 heterocycles. The molecule has 108 valence electrons. The second-order valence-corrected chi connectivity index (χ2v) is 5.25. The first-order chi connectivity index (χ1) is 8.35. The summed E-state index contributed by atoms with van der Waals surface area (Å²) in [6.45, 7) is 12.6. The zero-order valence-corrected chi connectivity index (χ0v) is 12.3. The summed E-state index contributed by atoms with van der Waals surface area (Å²) >= 11 is 0. The Labute approximate surface area is 111 Å². The quantitative estimate of drug-likeness (QED) is 0.655. The van der Waals surface area contributed by atoms with Gasteiger partial charge in [-0.1, -0.05) is 0 Å². The minimum atomic E-state index is -0.435. The number of hydrogen-bond donors (Lipinski definition) is 2. The minimum Gasteiger partial charge on any atom is -0.444 e. The lowest BCUT2D eigenvalue weighted by molar-refractivity contribution is 0.0526. The number of amides is 1. The molecule has 0 saturated heterocycles. The largest absolute Gasteiger partial charge is 0.444 e. The zero-order chi connectivity index (χ0) is 14.0. The summed E-state index contributed by atoms with van der Waals surface area (Å²) in [6.07, 6.45) is 0.747. The monoisotopic (exact) mass is 260 g/mol. The van der Waals surface area contributed by atoms with Gasteiger partial charge in [0.1, 0.15) is 5.60 Å². The topological polar surface area (TPSA) is 59.6 Å². The Kier molecular flexibility index (Phi) is 8.75. The summed E-state index contributed by atoms with van der Waals surface area (Å²) in [5, 5.41) is 5.99. The second-order valence-electron chi connectivity index (χ2n) is 5.25. The maximum atomic E-state index is 11.3. The molecule has 5 nitrogen and oxygen atoms in total. The van der Waals surface area contributed by atoms with Crippen molar-refractivity contribution in [2.75, 3.05) is 26.2 Å². The van der Waals surface area contributed by atoms with Crippen molar-refractivity contribution in [2.45, 2.75) is 52.7 Å². The Hall–Kier alpha value is -0.810. The van der Waals surface area contributed by atoms with Gasteiger partial charge in [0, 0.05) is 19.7 Å². The Morgan fingerprint density at radius 3 is 2.50 bits per heavy atom. The van der Waals surface area contributed by atoms with Crippen molar-refractivity contribution in [1.82, 2.24) is 10.6 Å². The molecule has 0 spiro atoms. The van der Waals surface area contributed by atoms with Crippen LogP contribution in [0.2, 0.25) is 0 Å². The lowest BCUT2D eigenvalue weighted by atomic mass is 10.2. The Morgan fingerprint density at radius 2 is 1.94 bits per heavy atom. The highest BCUT2D eigenvalue weighted by molar-refractivity contribution is 5.67. The second kappa shape index (κ2) is 9.16. The molecule has 0 rings (SSSR count). The SMILES string of the molecule is CCOC(C)CNCCCNC(=O)OC(C)(C)C. The van der Waals surface area contributed by atoms with Crippen LogP contribution in [0.3, 0.4) is 0 Å². The van der Waals surface area contributed by atoms with Gasteiger partial charge in [0.15, 0.2) is 0 Å². The van der Waals surface area contributed by atoms with E-state index in [1.807, 2.05) is 34.6 Å². The number of carbonyl (C=O) groups is 1. The van der Waals surface area contributed by atoms with E-state index in [2.05, 4.69) is 10.6 Å². The van der Waals surface area contributed by atoms with Crippen molar-refractivity contribution in [3.05, 3.63) is 0 Å². The van der Waals surface area contributed by atoms with E-state index < -0.39 is 5.60 Å². The van der Waals surface area contributed by atoms with Crippen LogP contribution in [-0.4, -0.2) is 44.0 Å². The van der Waals surface area contributed by atoms with Gasteiger partial charge in [-0.3, -0.25) is 0 Å². The number of carbonyl (C=O) groups excluding carboxylic acids is 1. The summed E-state index contributed by atoms with van der Waals surface area (Å²) in [5.74, 6) is 0. The molecular weight excluding hydrogens is 232 g/mol. The van der Waals surface area contributed by atoms with Crippen LogP contribution in [-0.2, 0) is 9.47 Å². The molecule has 18 heavy (non-hydrogen) atoms. The third kappa shape index (κ3) is 11.7. The Balaban J connectivity index is 3.38. The van der Waals surface area contributed by atoms with Crippen molar-refractivity contribution < 1.29 is 14.3 Å². The molecule has 0 aliphatic heterocycles. The predicted octanol–water partition coefficient (Wildman–Crippen LogP) is 1.92. The zero-order valence-electron chi connectivity index (χ0n) is 12.3. The number of hydrogen-bond acceptors (Lipinski definition) is 4. The molecule has 1 unspecified atom stereocenters. The van der Waals surface area contributed by atoms with Gasteiger partial charge in [0.2, 0.25) is 0 Å². The molecule has 0 aromatic heterocycles. The highest BCUT2D eigenvalue weighted by atomic mass is 16.6. The van der Waals surface area contributed by atoms with Crippen LogP contribution in [0.5, 0.6) is 0 Å². The molecule has 0 fully saturated rings. The number of alkyl carbamates (subject to hydrolysis) is 1. The Bertz CT molecular complexity index is 227. The van der Waals surface area contributed by atoms with Crippen molar-refractivity contribution in [2.24, 2.45) is 0 Å². The van der Waals surface area contributed by atoms with Gasteiger partial charge in [-0.05, 0) is 47.6 Å². The molecule has 5 heteroatoms. The fourth-order valence-corrected chi connectivity index (χ4v) is 1.37. The van der Waals surface area contributed by atoms with E-state index in [-0.39, 0.29) is 12.2 Å². The molecule has 0 aliphatic rings. The molecule has 0 aliphatic carbocycles. The molecular formula is C13H28N2O3. The van der Waals surface area contributed by atoms with Gasteiger partial charge in [0.25, 0.3) is 0 Å². The van der Waals surface area contributed by atoms with Gasteiger partial charge in [-0.2, -0.15) is 0 Å². The minimum absolute atomic E-state index is 0.230. The normalized spacial score (nSPS) is 13.2. The lowest BCUT2D eigenvalue weighted by Crippen LogP contribution is -2.34. The third-order valence-corrected chi connectivity index (χ3v) is 2.08. The molecule has 1 atom stereocenters. The molecule has 0 aromatic carbocycles. The first kappa shape index (κ1) is 17.2. The average Bonchev–Trinajstić information content (AvgIpc) is 2.21. The highest BCUT2D eigenvalue weighted by Crippen LogP contribution is 2.06. The number of rotatable bonds is 8. The first-order valence-corrected chi connectivity index (χ1v) is 6.64. The highest BCUT2D eigenvalue weighted by Gasteiger charge is 2.15. The molecule has 0 aromatic rings. The van der Waals surface area contributed by atoms with Gasteiger partial charge < -0.3 is 20.1 Å². The van der Waals surface area contributed by atoms with E-state index in [0.29, 0.717) is 6.54 Å². The van der Waals surface area contributed by atoms with Gasteiger partial charge >= 0.3 is 6.09 Å². The summed E-state index contributed by atoms with van der Waals surface area (Å²) in [7, 11) is 0. The van der Waals surface area contributed by atoms with Gasteiger partial charge in [-0.25, -0.2) is 4.79 Å². The van der Waals surface area contributed by atoms with Crippen LogP contribution < -0.4 is 10.6 Å². The maximum absolute atomic E-state index is 11.3. The van der Waals surface area contributed by atoms with Crippen LogP contribution >= 0.6 is 0 Å². The van der Waals surface area contributed by atoms with Crippen LogP contribution in [0.15, 0.2) is 0 Å². The summed E-state index contributed by atoms with van der Waals surface area (Å²) < 4.78 is 10.5. The lowest BCUT2D eigenvalue weighted by Gasteiger charge is -2.19. The predicted molar refractivity (Wildman–Crippen MR) is 72.8 cm³/mol. The van der Waals surface area contributed by atoms with E-state index in [1.165, 1.54) is 0 Å². The van der Waals surface area contributed by atoms with Gasteiger partial charge in [-0.15, -0.1) is 0 Å². The number of nitrogens with one attached hydrogen (secondary N) is 2. The fourth-order valence-electron chi connectivity index (χ4n) is 1.37. The summed E-state index contributed by atoms with van der Waals surface area (Å²) in [5.41, 5.74) is -0.435. The first-order valence-electron chi connectivity index (χ1n) is 6.64. The molecule has 0 bridgehead atoms. The van der Waals surface area contributed by atoms with Crippen molar-refractivity contribution in [3.8, 4) is 0 Å². The van der Waals surface area contributed by atoms with Crippen LogP contribution in [0, 0.1) is 0 Å². The standard InChI is InChI=1S/C13H28N2O3/c1-6-17-11(2)10-14-8-7-9-15-12(16)18-13(3,4)5/h11,14H,6-10H2,1-5H3,(H,15,16). The fraction of sp³-hybridized carbons (Fsp3) is 0.923. The van der Waals surface area contributed by atoms with Crippen LogP contribution in [0.25, 0.3) is 0 Å².